The van der Waals surface area contributed by atoms with E-state index in [0.717, 1.165) is 18.0 Å². The largest absolute Gasteiger partial charge is 0.506 e. The second-order valence-corrected chi connectivity index (χ2v) is 5.97. The Labute approximate surface area is 109 Å². The standard InChI is InChI=1S/C10H9Br2NOS/c11-8-2-6(3-9(12)10(8)14)1-7-4-13-5-15-7/h1-3,13-14H,4-5H2. The molecule has 0 radical (unpaired) electrons. The SMILES string of the molecule is Oc1c(Br)cc(C=C2CNCS2)cc1Br. The summed E-state index contributed by atoms with van der Waals surface area (Å²) in [6.45, 7) is 0.931. The lowest BCUT2D eigenvalue weighted by Crippen LogP contribution is -2.04. The number of nitrogens with one attached hydrogen (secondary N) is 1. The first-order valence-corrected chi connectivity index (χ1v) is 6.96. The van der Waals surface area contributed by atoms with Crippen LogP contribution in [0.5, 0.6) is 5.75 Å². The first-order valence-electron chi connectivity index (χ1n) is 4.39. The molecule has 1 saturated heterocycles. The minimum absolute atomic E-state index is 0.245. The molecule has 0 aliphatic carbocycles. The number of hydrogen-bond donors (Lipinski definition) is 2. The number of phenolic OH excluding ortho intramolecular Hbond substituents is 1. The average Bonchev–Trinajstić information content (AvgIpc) is 2.66. The van der Waals surface area contributed by atoms with Gasteiger partial charge >= 0.3 is 0 Å². The van der Waals surface area contributed by atoms with Crippen molar-refractivity contribution in [2.24, 2.45) is 0 Å². The molecule has 0 spiro atoms. The van der Waals surface area contributed by atoms with E-state index in [1.165, 1.54) is 4.91 Å². The van der Waals surface area contributed by atoms with Gasteiger partial charge in [-0.2, -0.15) is 0 Å². The van der Waals surface area contributed by atoms with Gasteiger partial charge in [-0.1, -0.05) is 0 Å². The molecule has 1 fully saturated rings. The van der Waals surface area contributed by atoms with E-state index in [-0.39, 0.29) is 5.75 Å². The van der Waals surface area contributed by atoms with Gasteiger partial charge in [0.05, 0.1) is 8.95 Å². The lowest BCUT2D eigenvalue weighted by molar-refractivity contribution is 0.468. The van der Waals surface area contributed by atoms with E-state index in [1.807, 2.05) is 23.9 Å². The normalized spacial score (nSPS) is 18.7. The quantitative estimate of drug-likeness (QED) is 0.812. The van der Waals surface area contributed by atoms with Gasteiger partial charge in [0.1, 0.15) is 5.75 Å². The van der Waals surface area contributed by atoms with Crippen molar-refractivity contribution in [2.75, 3.05) is 12.4 Å². The maximum atomic E-state index is 9.56. The van der Waals surface area contributed by atoms with Crippen LogP contribution < -0.4 is 5.32 Å². The summed E-state index contributed by atoms with van der Waals surface area (Å²) in [6, 6.07) is 3.82. The summed E-state index contributed by atoms with van der Waals surface area (Å²) in [4.78, 5) is 1.32. The summed E-state index contributed by atoms with van der Waals surface area (Å²) < 4.78 is 1.42. The van der Waals surface area contributed by atoms with E-state index in [0.29, 0.717) is 8.95 Å². The maximum absolute atomic E-state index is 9.56. The number of phenols is 1. The molecule has 15 heavy (non-hydrogen) atoms. The van der Waals surface area contributed by atoms with E-state index in [2.05, 4.69) is 43.3 Å². The smallest absolute Gasteiger partial charge is 0.143 e. The molecule has 80 valence electrons. The first-order chi connectivity index (χ1) is 7.16. The third-order valence-corrected chi connectivity index (χ3v) is 4.22. The molecule has 1 aromatic carbocycles. The number of rotatable bonds is 1. The van der Waals surface area contributed by atoms with Crippen molar-refractivity contribution in [2.45, 2.75) is 0 Å². The molecule has 1 aromatic rings. The second-order valence-electron chi connectivity index (χ2n) is 3.16. The average molecular weight is 351 g/mol. The first kappa shape index (κ1) is 11.5. The van der Waals surface area contributed by atoms with Crippen molar-refractivity contribution < 1.29 is 5.11 Å². The van der Waals surface area contributed by atoms with Crippen molar-refractivity contribution in [3.63, 3.8) is 0 Å². The zero-order chi connectivity index (χ0) is 10.8. The molecule has 2 N–H and O–H groups in total. The van der Waals surface area contributed by atoms with Crippen molar-refractivity contribution in [1.29, 1.82) is 0 Å². The lowest BCUT2D eigenvalue weighted by atomic mass is 10.2. The zero-order valence-electron chi connectivity index (χ0n) is 7.76. The minimum Gasteiger partial charge on any atom is -0.506 e. The molecule has 0 saturated carbocycles. The molecule has 0 atom stereocenters. The number of halogens is 2. The van der Waals surface area contributed by atoms with Gasteiger partial charge in [-0.25, -0.2) is 0 Å². The molecule has 2 nitrogen and oxygen atoms in total. The molecule has 0 bridgehead atoms. The zero-order valence-corrected chi connectivity index (χ0v) is 11.7. The lowest BCUT2D eigenvalue weighted by Gasteiger charge is -2.03. The Morgan fingerprint density at radius 3 is 2.53 bits per heavy atom. The van der Waals surface area contributed by atoms with E-state index < -0.39 is 0 Å². The van der Waals surface area contributed by atoms with Crippen LogP contribution in [0.15, 0.2) is 26.0 Å². The molecule has 0 amide bonds. The van der Waals surface area contributed by atoms with Gasteiger partial charge in [0.25, 0.3) is 0 Å². The van der Waals surface area contributed by atoms with Gasteiger partial charge in [0.15, 0.2) is 0 Å². The number of hydrogen-bond acceptors (Lipinski definition) is 3. The Kier molecular flexibility index (Phi) is 3.77. The van der Waals surface area contributed by atoms with Crippen molar-refractivity contribution in [3.05, 3.63) is 31.5 Å². The molecular weight excluding hydrogens is 342 g/mol. The summed E-state index contributed by atoms with van der Waals surface area (Å²) >= 11 is 8.44. The Bertz CT molecular complexity index is 389. The third kappa shape index (κ3) is 2.78. The van der Waals surface area contributed by atoms with Crippen LogP contribution in [0, 0.1) is 0 Å². The fourth-order valence-electron chi connectivity index (χ4n) is 1.32. The van der Waals surface area contributed by atoms with Crippen LogP contribution in [0.3, 0.4) is 0 Å². The van der Waals surface area contributed by atoms with E-state index in [9.17, 15) is 5.11 Å². The van der Waals surface area contributed by atoms with Crippen LogP contribution in [0.2, 0.25) is 0 Å². The predicted molar refractivity (Wildman–Crippen MR) is 71.9 cm³/mol. The fraction of sp³-hybridized carbons (Fsp3) is 0.200. The number of benzene rings is 1. The van der Waals surface area contributed by atoms with Crippen molar-refractivity contribution >= 4 is 49.7 Å². The number of aromatic hydroxyl groups is 1. The fourth-order valence-corrected chi connectivity index (χ4v) is 3.35. The molecule has 5 heteroatoms. The van der Waals surface area contributed by atoms with Gasteiger partial charge in [-0.15, -0.1) is 11.8 Å². The summed E-state index contributed by atoms with van der Waals surface area (Å²) in [5.74, 6) is 1.22. The van der Waals surface area contributed by atoms with E-state index in [4.69, 9.17) is 0 Å². The number of thioether (sulfide) groups is 1. The van der Waals surface area contributed by atoms with Crippen LogP contribution in [0.1, 0.15) is 5.56 Å². The van der Waals surface area contributed by atoms with Crippen LogP contribution in [-0.4, -0.2) is 17.5 Å². The topological polar surface area (TPSA) is 32.3 Å². The minimum atomic E-state index is 0.245. The van der Waals surface area contributed by atoms with Gasteiger partial charge in [0.2, 0.25) is 0 Å². The Morgan fingerprint density at radius 1 is 1.33 bits per heavy atom. The van der Waals surface area contributed by atoms with E-state index >= 15 is 0 Å². The maximum Gasteiger partial charge on any atom is 0.143 e. The van der Waals surface area contributed by atoms with Crippen molar-refractivity contribution in [3.8, 4) is 5.75 Å². The van der Waals surface area contributed by atoms with Gasteiger partial charge in [0, 0.05) is 17.3 Å². The van der Waals surface area contributed by atoms with Gasteiger partial charge in [-0.05, 0) is 55.6 Å². The Morgan fingerprint density at radius 2 is 2.00 bits per heavy atom. The summed E-state index contributed by atoms with van der Waals surface area (Å²) in [5, 5.41) is 12.8. The molecule has 0 unspecified atom stereocenters. The molecular formula is C10H9Br2NOS. The molecule has 0 aromatic heterocycles. The van der Waals surface area contributed by atoms with Crippen molar-refractivity contribution in [1.82, 2.24) is 5.32 Å². The summed E-state index contributed by atoms with van der Waals surface area (Å²) in [6.07, 6.45) is 2.12. The third-order valence-electron chi connectivity index (χ3n) is 2.03. The molecule has 1 aliphatic heterocycles. The highest BCUT2D eigenvalue weighted by atomic mass is 79.9. The Balaban J connectivity index is 2.33. The highest BCUT2D eigenvalue weighted by molar-refractivity contribution is 9.11. The van der Waals surface area contributed by atoms with Crippen LogP contribution in [0.4, 0.5) is 0 Å². The molecule has 1 aliphatic rings. The van der Waals surface area contributed by atoms with Gasteiger partial charge in [-0.3, -0.25) is 0 Å². The van der Waals surface area contributed by atoms with E-state index in [1.54, 1.807) is 0 Å². The Hall–Kier alpha value is 0.0300. The van der Waals surface area contributed by atoms with Crippen LogP contribution >= 0.6 is 43.6 Å². The second kappa shape index (κ2) is 4.91. The molecule has 1 heterocycles. The predicted octanol–water partition coefficient (Wildman–Crippen LogP) is 3.55. The van der Waals surface area contributed by atoms with Gasteiger partial charge < -0.3 is 10.4 Å². The highest BCUT2D eigenvalue weighted by Crippen LogP contribution is 2.34. The monoisotopic (exact) mass is 349 g/mol. The summed E-state index contributed by atoms with van der Waals surface area (Å²) in [5.41, 5.74) is 1.08. The van der Waals surface area contributed by atoms with Crippen LogP contribution in [-0.2, 0) is 0 Å². The summed E-state index contributed by atoms with van der Waals surface area (Å²) in [7, 11) is 0. The van der Waals surface area contributed by atoms with Crippen LogP contribution in [0.25, 0.3) is 6.08 Å². The highest BCUT2D eigenvalue weighted by Gasteiger charge is 2.08. The molecule has 2 rings (SSSR count).